The van der Waals surface area contributed by atoms with Crippen LogP contribution >= 0.6 is 27.3 Å². The summed E-state index contributed by atoms with van der Waals surface area (Å²) < 4.78 is 17.0. The fraction of sp³-hybridized carbons (Fsp3) is 0.323. The van der Waals surface area contributed by atoms with Crippen LogP contribution in [0.5, 0.6) is 11.5 Å². The molecule has 1 aliphatic rings. The van der Waals surface area contributed by atoms with Crippen molar-refractivity contribution < 1.29 is 33.4 Å². The number of nitrogens with one attached hydrogen (secondary N) is 2. The van der Waals surface area contributed by atoms with Crippen molar-refractivity contribution >= 4 is 62.2 Å². The van der Waals surface area contributed by atoms with Crippen LogP contribution in [0.3, 0.4) is 0 Å². The Morgan fingerprint density at radius 1 is 1.07 bits per heavy atom. The maximum Gasteiger partial charge on any atom is 0.343 e. The number of halogens is 1. The summed E-state index contributed by atoms with van der Waals surface area (Å²) in [6.45, 7) is 6.62. The molecule has 10 nitrogen and oxygen atoms in total. The Bertz CT molecular complexity index is 1530. The second-order valence-electron chi connectivity index (χ2n) is 9.87. The third kappa shape index (κ3) is 8.29. The van der Waals surface area contributed by atoms with Crippen LogP contribution in [-0.4, -0.2) is 43.2 Å². The molecule has 0 fully saturated rings. The number of amides is 2. The smallest absolute Gasteiger partial charge is 0.343 e. The minimum absolute atomic E-state index is 0.190. The van der Waals surface area contributed by atoms with Crippen molar-refractivity contribution in [2.45, 2.75) is 46.5 Å². The van der Waals surface area contributed by atoms with E-state index in [1.807, 2.05) is 6.92 Å². The summed E-state index contributed by atoms with van der Waals surface area (Å²) in [4.78, 5) is 51.8. The van der Waals surface area contributed by atoms with E-state index in [0.717, 1.165) is 29.7 Å². The molecule has 0 radical (unpaired) electrons. The lowest BCUT2D eigenvalue weighted by Crippen LogP contribution is -2.32. The Morgan fingerprint density at radius 2 is 1.84 bits per heavy atom. The Morgan fingerprint density at radius 3 is 2.56 bits per heavy atom. The van der Waals surface area contributed by atoms with Crippen LogP contribution in [0.4, 0.5) is 5.00 Å². The first kappa shape index (κ1) is 31.9. The van der Waals surface area contributed by atoms with Crippen molar-refractivity contribution in [3.8, 4) is 11.5 Å². The lowest BCUT2D eigenvalue weighted by atomic mass is 9.88. The van der Waals surface area contributed by atoms with Crippen molar-refractivity contribution in [2.24, 2.45) is 11.0 Å². The predicted octanol–water partition coefficient (Wildman–Crippen LogP) is 5.91. The van der Waals surface area contributed by atoms with Crippen molar-refractivity contribution in [3.63, 3.8) is 0 Å². The molecule has 226 valence electrons. The zero-order valence-electron chi connectivity index (χ0n) is 24.0. The quantitative estimate of drug-likeness (QED) is 0.0902. The number of carbonyl (C=O) groups excluding carboxylic acids is 4. The number of anilines is 1. The standard InChI is InChI=1S/C31H32BrN3O7S/c1-4-14-41-22-10-7-19(8-11-22)30(38)42-24-13-9-21(32)16-20(24)17-33-35-28(37)27(36)34-29-26(31(39)40-5-2)23-12-6-18(3)15-25(23)43-29/h7-11,13,16-18H,4-6,12,14-15H2,1-3H3,(H,34,36)(H,35,37)/b33-17-/t18-/m0/s1. The van der Waals surface area contributed by atoms with Gasteiger partial charge in [-0.1, -0.05) is 29.8 Å². The van der Waals surface area contributed by atoms with E-state index in [4.69, 9.17) is 14.2 Å². The number of ether oxygens (including phenoxy) is 3. The molecule has 0 unspecified atom stereocenters. The fourth-order valence-electron chi connectivity index (χ4n) is 4.41. The molecular weight excluding hydrogens is 638 g/mol. The van der Waals surface area contributed by atoms with Crippen molar-refractivity contribution in [3.05, 3.63) is 74.1 Å². The second-order valence-corrected chi connectivity index (χ2v) is 11.9. The summed E-state index contributed by atoms with van der Waals surface area (Å²) in [6, 6.07) is 11.5. The second kappa shape index (κ2) is 14.9. The van der Waals surface area contributed by atoms with E-state index in [-0.39, 0.29) is 17.4 Å². The van der Waals surface area contributed by atoms with E-state index < -0.39 is 23.8 Å². The van der Waals surface area contributed by atoms with Gasteiger partial charge in [-0.3, -0.25) is 9.59 Å². The summed E-state index contributed by atoms with van der Waals surface area (Å²) in [5.74, 6) is -1.84. The molecular formula is C31H32BrN3O7S. The maximum atomic E-state index is 12.8. The first-order valence-corrected chi connectivity index (χ1v) is 15.5. The first-order chi connectivity index (χ1) is 20.7. The Hall–Kier alpha value is -4.03. The summed E-state index contributed by atoms with van der Waals surface area (Å²) >= 11 is 4.66. The number of nitrogens with zero attached hydrogens (tertiary/aromatic N) is 1. The van der Waals surface area contributed by atoms with Gasteiger partial charge in [0.05, 0.1) is 30.6 Å². The molecule has 1 aliphatic carbocycles. The molecule has 12 heteroatoms. The van der Waals surface area contributed by atoms with Crippen LogP contribution in [-0.2, 0) is 27.2 Å². The SMILES string of the molecule is CCCOc1ccc(C(=O)Oc2ccc(Br)cc2/C=N\NC(=O)C(=O)Nc2sc3c(c2C(=O)OCC)CC[C@H](C)C3)cc1. The van der Waals surface area contributed by atoms with Crippen LogP contribution in [0.25, 0.3) is 0 Å². The molecule has 0 saturated carbocycles. The van der Waals surface area contributed by atoms with E-state index in [9.17, 15) is 19.2 Å². The normalized spacial score (nSPS) is 14.1. The number of rotatable bonds is 10. The Balaban J connectivity index is 1.42. The van der Waals surface area contributed by atoms with E-state index >= 15 is 0 Å². The number of carbonyl (C=O) groups is 4. The topological polar surface area (TPSA) is 132 Å². The van der Waals surface area contributed by atoms with Crippen molar-refractivity contribution in [1.29, 1.82) is 0 Å². The molecule has 3 aromatic rings. The van der Waals surface area contributed by atoms with Crippen molar-refractivity contribution in [2.75, 3.05) is 18.5 Å². The zero-order chi connectivity index (χ0) is 30.9. The summed E-state index contributed by atoms with van der Waals surface area (Å²) in [5, 5.41) is 6.73. The molecule has 4 rings (SSSR count). The largest absolute Gasteiger partial charge is 0.494 e. The highest BCUT2D eigenvalue weighted by atomic mass is 79.9. The van der Waals surface area contributed by atoms with Gasteiger partial charge in [0, 0.05) is 14.9 Å². The van der Waals surface area contributed by atoms with Gasteiger partial charge in [0.15, 0.2) is 0 Å². The Labute approximate surface area is 261 Å². The molecule has 2 aromatic carbocycles. The van der Waals surface area contributed by atoms with Crippen LogP contribution in [0, 0.1) is 5.92 Å². The summed E-state index contributed by atoms with van der Waals surface area (Å²) in [6.07, 6.45) is 4.54. The number of hydrogen-bond donors (Lipinski definition) is 2. The summed E-state index contributed by atoms with van der Waals surface area (Å²) in [5.41, 5.74) is 4.06. The van der Waals surface area contributed by atoms with Gasteiger partial charge in [0.1, 0.15) is 16.5 Å². The van der Waals surface area contributed by atoms with Crippen LogP contribution < -0.4 is 20.2 Å². The Kier molecular flexibility index (Phi) is 11.1. The molecule has 0 spiro atoms. The van der Waals surface area contributed by atoms with Crippen LogP contribution in [0.2, 0.25) is 0 Å². The summed E-state index contributed by atoms with van der Waals surface area (Å²) in [7, 11) is 0. The molecule has 0 aliphatic heterocycles. The molecule has 43 heavy (non-hydrogen) atoms. The van der Waals surface area contributed by atoms with Gasteiger partial charge >= 0.3 is 23.8 Å². The third-order valence-electron chi connectivity index (χ3n) is 6.53. The highest BCUT2D eigenvalue weighted by molar-refractivity contribution is 9.10. The van der Waals surface area contributed by atoms with E-state index in [1.54, 1.807) is 49.4 Å². The fourth-order valence-corrected chi connectivity index (χ4v) is 6.18. The number of hydrazone groups is 1. The van der Waals surface area contributed by atoms with E-state index in [1.165, 1.54) is 17.6 Å². The lowest BCUT2D eigenvalue weighted by molar-refractivity contribution is -0.136. The van der Waals surface area contributed by atoms with Gasteiger partial charge in [0.2, 0.25) is 0 Å². The van der Waals surface area contributed by atoms with Crippen LogP contribution in [0.1, 0.15) is 70.3 Å². The monoisotopic (exact) mass is 669 g/mol. The third-order valence-corrected chi connectivity index (χ3v) is 8.19. The van der Waals surface area contributed by atoms with E-state index in [0.29, 0.717) is 45.9 Å². The highest BCUT2D eigenvalue weighted by Crippen LogP contribution is 2.40. The lowest BCUT2D eigenvalue weighted by Gasteiger charge is -2.18. The minimum Gasteiger partial charge on any atom is -0.494 e. The highest BCUT2D eigenvalue weighted by Gasteiger charge is 2.30. The van der Waals surface area contributed by atoms with Crippen molar-refractivity contribution in [1.82, 2.24) is 5.43 Å². The number of hydrogen-bond acceptors (Lipinski definition) is 9. The number of benzene rings is 2. The number of thiophene rings is 1. The van der Waals surface area contributed by atoms with Gasteiger partial charge in [-0.2, -0.15) is 5.10 Å². The van der Waals surface area contributed by atoms with Gasteiger partial charge in [-0.15, -0.1) is 11.3 Å². The average molecular weight is 671 g/mol. The molecule has 2 N–H and O–H groups in total. The molecule has 0 bridgehead atoms. The molecule has 1 heterocycles. The van der Waals surface area contributed by atoms with Gasteiger partial charge in [0.25, 0.3) is 0 Å². The van der Waals surface area contributed by atoms with Crippen LogP contribution in [0.15, 0.2) is 52.0 Å². The predicted molar refractivity (Wildman–Crippen MR) is 167 cm³/mol. The molecule has 1 aromatic heterocycles. The number of esters is 2. The zero-order valence-corrected chi connectivity index (χ0v) is 26.4. The maximum absolute atomic E-state index is 12.8. The number of fused-ring (bicyclic) bond motifs is 1. The van der Waals surface area contributed by atoms with Gasteiger partial charge < -0.3 is 19.5 Å². The minimum atomic E-state index is -1.04. The first-order valence-electron chi connectivity index (χ1n) is 13.9. The molecule has 1 atom stereocenters. The molecule has 2 amide bonds. The van der Waals surface area contributed by atoms with E-state index in [2.05, 4.69) is 38.7 Å². The van der Waals surface area contributed by atoms with Gasteiger partial charge in [-0.25, -0.2) is 15.0 Å². The average Bonchev–Trinajstić information content (AvgIpc) is 3.34. The van der Waals surface area contributed by atoms with Gasteiger partial charge in [-0.05, 0) is 86.6 Å². The molecule has 0 saturated heterocycles.